The van der Waals surface area contributed by atoms with E-state index in [4.69, 9.17) is 9.72 Å². The minimum absolute atomic E-state index is 0.0667. The van der Waals surface area contributed by atoms with Gasteiger partial charge in [0.25, 0.3) is 0 Å². The number of aromatic nitrogens is 2. The van der Waals surface area contributed by atoms with E-state index in [1.807, 2.05) is 13.1 Å². The molecule has 1 N–H and O–H groups in total. The van der Waals surface area contributed by atoms with Crippen LogP contribution in [0.4, 0.5) is 11.6 Å². The molecule has 2 rings (SSSR count). The molecular formula is C15H26N4O. The molecule has 0 amide bonds. The number of nitrogens with one attached hydrogen (secondary N) is 1. The minimum atomic E-state index is -0.0667. The first-order valence-corrected chi connectivity index (χ1v) is 7.27. The Morgan fingerprint density at radius 1 is 1.30 bits per heavy atom. The third kappa shape index (κ3) is 3.20. The quantitative estimate of drug-likeness (QED) is 0.900. The molecule has 0 aromatic carbocycles. The second-order valence-corrected chi connectivity index (χ2v) is 6.58. The molecule has 5 heteroatoms. The summed E-state index contributed by atoms with van der Waals surface area (Å²) in [6.07, 6.45) is 0.234. The number of nitrogens with zero attached hydrogens (tertiary/aromatic N) is 3. The third-order valence-corrected chi connectivity index (χ3v) is 3.54. The molecule has 0 spiro atoms. The summed E-state index contributed by atoms with van der Waals surface area (Å²) < 4.78 is 5.70. The van der Waals surface area contributed by atoms with Crippen molar-refractivity contribution in [3.63, 3.8) is 0 Å². The number of rotatable bonds is 2. The van der Waals surface area contributed by atoms with Crippen LogP contribution in [0.25, 0.3) is 0 Å². The molecule has 0 bridgehead atoms. The Balaban J connectivity index is 2.39. The molecule has 1 aliphatic rings. The Hall–Kier alpha value is -1.36. The Bertz CT molecular complexity index is 469. The van der Waals surface area contributed by atoms with E-state index in [9.17, 15) is 0 Å². The second-order valence-electron chi connectivity index (χ2n) is 6.58. The highest BCUT2D eigenvalue weighted by Crippen LogP contribution is 2.26. The summed E-state index contributed by atoms with van der Waals surface area (Å²) in [5.41, 5.74) is -0.0667. The van der Waals surface area contributed by atoms with Crippen molar-refractivity contribution < 1.29 is 4.74 Å². The number of hydrogen-bond donors (Lipinski definition) is 1. The van der Waals surface area contributed by atoms with E-state index in [-0.39, 0.29) is 11.5 Å². The van der Waals surface area contributed by atoms with Crippen LogP contribution in [0.5, 0.6) is 0 Å². The zero-order valence-corrected chi connectivity index (χ0v) is 13.4. The zero-order valence-electron chi connectivity index (χ0n) is 13.4. The van der Waals surface area contributed by atoms with Crippen molar-refractivity contribution >= 4 is 11.6 Å². The lowest BCUT2D eigenvalue weighted by atomic mass is 9.95. The van der Waals surface area contributed by atoms with E-state index < -0.39 is 0 Å². The number of anilines is 2. The van der Waals surface area contributed by atoms with Crippen LogP contribution in [0, 0.1) is 0 Å². The fourth-order valence-corrected chi connectivity index (χ4v) is 2.27. The van der Waals surface area contributed by atoms with Gasteiger partial charge in [0.05, 0.1) is 18.8 Å². The fraction of sp³-hybridized carbons (Fsp3) is 0.733. The maximum absolute atomic E-state index is 5.70. The van der Waals surface area contributed by atoms with Crippen LogP contribution < -0.4 is 10.2 Å². The summed E-state index contributed by atoms with van der Waals surface area (Å²) in [7, 11) is 1.89. The van der Waals surface area contributed by atoms with Crippen molar-refractivity contribution in [1.82, 2.24) is 9.97 Å². The van der Waals surface area contributed by atoms with Gasteiger partial charge in [-0.25, -0.2) is 9.97 Å². The standard InChI is InChI=1S/C15H26N4O/c1-10-9-20-11(2)8-19(10)13-7-12(16-6)17-14(18-13)15(3,4)5/h7,10-11H,8-9H2,1-6H3,(H,16,17,18). The van der Waals surface area contributed by atoms with Crippen molar-refractivity contribution in [3.05, 3.63) is 11.9 Å². The molecule has 0 radical (unpaired) electrons. The summed E-state index contributed by atoms with van der Waals surface area (Å²) in [4.78, 5) is 11.7. The molecule has 1 fully saturated rings. The van der Waals surface area contributed by atoms with Crippen LogP contribution in [-0.4, -0.2) is 42.3 Å². The first-order valence-electron chi connectivity index (χ1n) is 7.27. The van der Waals surface area contributed by atoms with E-state index in [1.54, 1.807) is 0 Å². The Morgan fingerprint density at radius 3 is 2.60 bits per heavy atom. The van der Waals surface area contributed by atoms with Crippen LogP contribution in [0.2, 0.25) is 0 Å². The van der Waals surface area contributed by atoms with Crippen LogP contribution >= 0.6 is 0 Å². The molecule has 112 valence electrons. The van der Waals surface area contributed by atoms with Gasteiger partial charge >= 0.3 is 0 Å². The first kappa shape index (κ1) is 15.0. The number of morpholine rings is 1. The topological polar surface area (TPSA) is 50.3 Å². The highest BCUT2D eigenvalue weighted by atomic mass is 16.5. The van der Waals surface area contributed by atoms with Gasteiger partial charge < -0.3 is 15.0 Å². The van der Waals surface area contributed by atoms with Gasteiger partial charge in [-0.3, -0.25) is 0 Å². The molecule has 5 nitrogen and oxygen atoms in total. The Labute approximate surface area is 121 Å². The highest BCUT2D eigenvalue weighted by molar-refractivity contribution is 5.50. The lowest BCUT2D eigenvalue weighted by molar-refractivity contribution is 0.0340. The molecular weight excluding hydrogens is 252 g/mol. The van der Waals surface area contributed by atoms with E-state index in [1.165, 1.54) is 0 Å². The lowest BCUT2D eigenvalue weighted by Crippen LogP contribution is -2.48. The van der Waals surface area contributed by atoms with Crippen LogP contribution in [0.15, 0.2) is 6.07 Å². The highest BCUT2D eigenvalue weighted by Gasteiger charge is 2.27. The molecule has 2 atom stereocenters. The Morgan fingerprint density at radius 2 is 2.00 bits per heavy atom. The largest absolute Gasteiger partial charge is 0.375 e. The molecule has 1 aromatic heterocycles. The maximum Gasteiger partial charge on any atom is 0.138 e. The van der Waals surface area contributed by atoms with Crippen molar-refractivity contribution in [2.24, 2.45) is 0 Å². The van der Waals surface area contributed by atoms with Gasteiger partial charge in [-0.2, -0.15) is 0 Å². The number of ether oxygens (including phenoxy) is 1. The molecule has 2 heterocycles. The molecule has 1 aromatic rings. The summed E-state index contributed by atoms with van der Waals surface area (Å²) in [5.74, 6) is 2.72. The van der Waals surface area contributed by atoms with Crippen molar-refractivity contribution in [2.45, 2.75) is 52.2 Å². The monoisotopic (exact) mass is 278 g/mol. The summed E-state index contributed by atoms with van der Waals surface area (Å²) >= 11 is 0. The van der Waals surface area contributed by atoms with Gasteiger partial charge in [-0.1, -0.05) is 20.8 Å². The van der Waals surface area contributed by atoms with E-state index in [0.717, 1.165) is 30.6 Å². The smallest absolute Gasteiger partial charge is 0.138 e. The zero-order chi connectivity index (χ0) is 14.9. The fourth-order valence-electron chi connectivity index (χ4n) is 2.27. The van der Waals surface area contributed by atoms with Gasteiger partial charge in [0, 0.05) is 25.1 Å². The van der Waals surface area contributed by atoms with Crippen molar-refractivity contribution in [3.8, 4) is 0 Å². The molecule has 1 aliphatic heterocycles. The average Bonchev–Trinajstić information content (AvgIpc) is 2.40. The molecule has 0 aliphatic carbocycles. The second kappa shape index (κ2) is 5.56. The van der Waals surface area contributed by atoms with E-state index >= 15 is 0 Å². The van der Waals surface area contributed by atoms with Gasteiger partial charge in [0.15, 0.2) is 0 Å². The van der Waals surface area contributed by atoms with Gasteiger partial charge in [-0.05, 0) is 13.8 Å². The predicted octanol–water partition coefficient (Wildman–Crippen LogP) is 2.43. The van der Waals surface area contributed by atoms with Gasteiger partial charge in [0.2, 0.25) is 0 Å². The molecule has 2 unspecified atom stereocenters. The maximum atomic E-state index is 5.70. The van der Waals surface area contributed by atoms with Crippen molar-refractivity contribution in [2.75, 3.05) is 30.4 Å². The minimum Gasteiger partial charge on any atom is -0.375 e. The summed E-state index contributed by atoms with van der Waals surface area (Å²) in [6, 6.07) is 2.35. The normalized spacial score (nSPS) is 23.8. The van der Waals surface area contributed by atoms with E-state index in [2.05, 4.69) is 49.8 Å². The summed E-state index contributed by atoms with van der Waals surface area (Å²) in [6.45, 7) is 12.3. The number of hydrogen-bond acceptors (Lipinski definition) is 5. The van der Waals surface area contributed by atoms with Crippen LogP contribution in [0.3, 0.4) is 0 Å². The third-order valence-electron chi connectivity index (χ3n) is 3.54. The average molecular weight is 278 g/mol. The predicted molar refractivity (Wildman–Crippen MR) is 82.5 cm³/mol. The first-order chi connectivity index (χ1) is 9.31. The molecule has 1 saturated heterocycles. The molecule has 0 saturated carbocycles. The van der Waals surface area contributed by atoms with E-state index in [0.29, 0.717) is 6.04 Å². The van der Waals surface area contributed by atoms with Crippen LogP contribution in [-0.2, 0) is 10.2 Å². The summed E-state index contributed by atoms with van der Waals surface area (Å²) in [5, 5.41) is 3.14. The van der Waals surface area contributed by atoms with Crippen LogP contribution in [0.1, 0.15) is 40.4 Å². The van der Waals surface area contributed by atoms with Gasteiger partial charge in [0.1, 0.15) is 17.5 Å². The van der Waals surface area contributed by atoms with Gasteiger partial charge in [-0.15, -0.1) is 0 Å². The molecule has 20 heavy (non-hydrogen) atoms. The van der Waals surface area contributed by atoms with Crippen molar-refractivity contribution in [1.29, 1.82) is 0 Å². The SMILES string of the molecule is CNc1cc(N2CC(C)OCC2C)nc(C(C)(C)C)n1. The Kier molecular flexibility index (Phi) is 4.18. The lowest BCUT2D eigenvalue weighted by Gasteiger charge is -2.38.